The lowest BCUT2D eigenvalue weighted by Crippen LogP contribution is -2.54. The van der Waals surface area contributed by atoms with Gasteiger partial charge < -0.3 is 34.2 Å². The van der Waals surface area contributed by atoms with Gasteiger partial charge in [-0.05, 0) is 37.6 Å². The zero-order valence-electron chi connectivity index (χ0n) is 19.1. The molecule has 0 spiro atoms. The van der Waals surface area contributed by atoms with Gasteiger partial charge in [-0.25, -0.2) is 4.79 Å². The second-order valence-corrected chi connectivity index (χ2v) is 7.67. The second kappa shape index (κ2) is 9.53. The van der Waals surface area contributed by atoms with Crippen LogP contribution < -0.4 is 45.0 Å². The van der Waals surface area contributed by atoms with Crippen molar-refractivity contribution in [1.29, 1.82) is 0 Å². The fourth-order valence-electron chi connectivity index (χ4n) is 4.25. The topological polar surface area (TPSA) is 123 Å². The van der Waals surface area contributed by atoms with E-state index in [2.05, 4.69) is 10.9 Å². The van der Waals surface area contributed by atoms with Crippen molar-refractivity contribution >= 4 is 6.03 Å². The largest absolute Gasteiger partial charge is 0.493 e. The summed E-state index contributed by atoms with van der Waals surface area (Å²) in [7, 11) is 1.60. The molecule has 2 aliphatic rings. The molecule has 0 fully saturated rings. The van der Waals surface area contributed by atoms with Crippen LogP contribution in [0.25, 0.3) is 0 Å². The molecule has 2 aromatic rings. The fourth-order valence-corrected chi connectivity index (χ4v) is 4.25. The number of rotatable bonds is 8. The summed E-state index contributed by atoms with van der Waals surface area (Å²) in [4.78, 5) is 11.3. The molecule has 10 nitrogen and oxygen atoms in total. The molecule has 4 N–H and O–H groups in total. The Balaban J connectivity index is 1.84. The van der Waals surface area contributed by atoms with E-state index in [0.717, 1.165) is 11.1 Å². The van der Waals surface area contributed by atoms with Crippen LogP contribution in [0.15, 0.2) is 24.3 Å². The number of urea groups is 1. The average Bonchev–Trinajstić information content (AvgIpc) is 3.25. The minimum absolute atomic E-state index is 0.137. The number of nitrogens with two attached hydrogens (primary N) is 1. The van der Waals surface area contributed by atoms with Crippen LogP contribution in [0.4, 0.5) is 4.79 Å². The maximum absolute atomic E-state index is 11.3. The summed E-state index contributed by atoms with van der Waals surface area (Å²) in [5.41, 5.74) is 12.4. The van der Waals surface area contributed by atoms with Gasteiger partial charge >= 0.3 is 6.03 Å². The number of methoxy groups -OCH3 is 1. The van der Waals surface area contributed by atoms with Crippen LogP contribution >= 0.6 is 0 Å². The highest BCUT2D eigenvalue weighted by Gasteiger charge is 2.39. The maximum Gasteiger partial charge on any atom is 0.326 e. The third-order valence-corrected chi connectivity index (χ3v) is 5.65. The fraction of sp³-hybridized carbons (Fsp3) is 0.435. The van der Waals surface area contributed by atoms with E-state index in [1.807, 2.05) is 39.0 Å². The first kappa shape index (κ1) is 22.7. The number of hydrogen-bond acceptors (Lipinski definition) is 8. The normalized spacial score (nSPS) is 20.4. The predicted molar refractivity (Wildman–Crippen MR) is 119 cm³/mol. The van der Waals surface area contributed by atoms with Crippen molar-refractivity contribution in [3.63, 3.8) is 0 Å². The highest BCUT2D eigenvalue weighted by molar-refractivity contribution is 5.71. The lowest BCUT2D eigenvalue weighted by atomic mass is 9.78. The van der Waals surface area contributed by atoms with Gasteiger partial charge in [0.05, 0.1) is 20.3 Å². The third kappa shape index (κ3) is 4.38. The molecule has 0 aliphatic carbocycles. The van der Waals surface area contributed by atoms with Gasteiger partial charge in [-0.2, -0.15) is 5.43 Å². The first-order valence-electron chi connectivity index (χ1n) is 10.8. The Morgan fingerprint density at radius 2 is 1.76 bits per heavy atom. The van der Waals surface area contributed by atoms with Gasteiger partial charge in [0, 0.05) is 23.5 Å². The summed E-state index contributed by atoms with van der Waals surface area (Å²) in [6.45, 7) is 6.93. The molecule has 2 aromatic carbocycles. The summed E-state index contributed by atoms with van der Waals surface area (Å²) in [6.07, 6.45) is -0.566. The van der Waals surface area contributed by atoms with Gasteiger partial charge in [0.25, 0.3) is 0 Å². The quantitative estimate of drug-likeness (QED) is 0.515. The van der Waals surface area contributed by atoms with Gasteiger partial charge in [-0.3, -0.25) is 5.43 Å². The standard InChI is InChI=1S/C23H29N3O7/c1-5-29-19-8-13(7-18(28-4)21(19)30-6-2)20-12(3)22(25-26-23(24)27)33-15-10-17-16(9-14(15)20)31-11-32-17/h7-10,12,20,22,25H,5-6,11H2,1-4H3,(H3,24,26,27). The lowest BCUT2D eigenvalue weighted by molar-refractivity contribution is 0.0691. The van der Waals surface area contributed by atoms with Gasteiger partial charge in [-0.1, -0.05) is 6.92 Å². The molecule has 0 aromatic heterocycles. The van der Waals surface area contributed by atoms with E-state index in [1.54, 1.807) is 13.2 Å². The molecule has 0 radical (unpaired) electrons. The molecule has 2 aliphatic heterocycles. The third-order valence-electron chi connectivity index (χ3n) is 5.65. The Labute approximate surface area is 192 Å². The lowest BCUT2D eigenvalue weighted by Gasteiger charge is -2.38. The molecular formula is C23H29N3O7. The molecule has 3 unspecified atom stereocenters. The van der Waals surface area contributed by atoms with Gasteiger partial charge in [0.1, 0.15) is 5.75 Å². The average molecular weight is 459 g/mol. The van der Waals surface area contributed by atoms with Gasteiger partial charge in [0.15, 0.2) is 29.2 Å². The Hall–Kier alpha value is -3.53. The van der Waals surface area contributed by atoms with Gasteiger partial charge in [0.2, 0.25) is 12.5 Å². The van der Waals surface area contributed by atoms with E-state index < -0.39 is 12.3 Å². The molecule has 10 heteroatoms. The number of amides is 2. The summed E-state index contributed by atoms with van der Waals surface area (Å²) in [5, 5.41) is 0. The van der Waals surface area contributed by atoms with Crippen molar-refractivity contribution in [1.82, 2.24) is 10.9 Å². The number of ether oxygens (including phenoxy) is 6. The van der Waals surface area contributed by atoms with Crippen molar-refractivity contribution in [2.75, 3.05) is 27.1 Å². The molecule has 178 valence electrons. The zero-order chi connectivity index (χ0) is 23.5. The number of hydrazine groups is 1. The predicted octanol–water partition coefficient (Wildman–Crippen LogP) is 2.88. The van der Waals surface area contributed by atoms with Crippen LogP contribution in [-0.4, -0.2) is 39.4 Å². The van der Waals surface area contributed by atoms with E-state index in [0.29, 0.717) is 47.7 Å². The molecule has 4 rings (SSSR count). The molecular weight excluding hydrogens is 430 g/mol. The van der Waals surface area contributed by atoms with Crippen molar-refractivity contribution in [3.8, 4) is 34.5 Å². The van der Waals surface area contributed by atoms with E-state index in [9.17, 15) is 4.79 Å². The first-order valence-corrected chi connectivity index (χ1v) is 10.8. The zero-order valence-corrected chi connectivity index (χ0v) is 19.1. The van der Waals surface area contributed by atoms with E-state index in [4.69, 9.17) is 34.2 Å². The van der Waals surface area contributed by atoms with Crippen LogP contribution in [0.5, 0.6) is 34.5 Å². The molecule has 0 saturated carbocycles. The molecule has 0 saturated heterocycles. The van der Waals surface area contributed by atoms with Crippen molar-refractivity contribution < 1.29 is 33.2 Å². The van der Waals surface area contributed by atoms with E-state index >= 15 is 0 Å². The van der Waals surface area contributed by atoms with Crippen molar-refractivity contribution in [3.05, 3.63) is 35.4 Å². The van der Waals surface area contributed by atoms with Crippen LogP contribution in [0.2, 0.25) is 0 Å². The minimum Gasteiger partial charge on any atom is -0.493 e. The summed E-state index contributed by atoms with van der Waals surface area (Å²) >= 11 is 0. The summed E-state index contributed by atoms with van der Waals surface area (Å²) < 4.78 is 34.7. The number of primary amides is 1. The summed E-state index contributed by atoms with van der Waals surface area (Å²) in [6, 6.07) is 6.91. The van der Waals surface area contributed by atoms with E-state index in [1.165, 1.54) is 0 Å². The molecule has 33 heavy (non-hydrogen) atoms. The van der Waals surface area contributed by atoms with Crippen LogP contribution in [0.3, 0.4) is 0 Å². The number of carbonyl (C=O) groups excluding carboxylic acids is 1. The Morgan fingerprint density at radius 1 is 1.06 bits per heavy atom. The molecule has 0 bridgehead atoms. The Kier molecular flexibility index (Phi) is 6.55. The highest BCUT2D eigenvalue weighted by atomic mass is 16.7. The molecule has 2 heterocycles. The molecule has 2 amide bonds. The molecule has 3 atom stereocenters. The summed E-state index contributed by atoms with van der Waals surface area (Å²) in [5.74, 6) is 3.27. The highest BCUT2D eigenvalue weighted by Crippen LogP contribution is 2.51. The number of hydrogen-bond donors (Lipinski definition) is 3. The number of nitrogens with one attached hydrogen (secondary N) is 2. The minimum atomic E-state index is -0.708. The second-order valence-electron chi connectivity index (χ2n) is 7.67. The van der Waals surface area contributed by atoms with Crippen LogP contribution in [0.1, 0.15) is 37.8 Å². The van der Waals surface area contributed by atoms with Crippen LogP contribution in [-0.2, 0) is 0 Å². The van der Waals surface area contributed by atoms with Gasteiger partial charge in [-0.15, -0.1) is 0 Å². The SMILES string of the molecule is CCOc1cc(C2c3cc4c(cc3OC(NNC(N)=O)C2C)OCO4)cc(OC)c1OCC. The number of carbonyl (C=O) groups is 1. The maximum atomic E-state index is 11.3. The number of benzene rings is 2. The monoisotopic (exact) mass is 459 g/mol. The first-order chi connectivity index (χ1) is 16.0. The number of fused-ring (bicyclic) bond motifs is 2. The van der Waals surface area contributed by atoms with E-state index in [-0.39, 0.29) is 18.6 Å². The Morgan fingerprint density at radius 3 is 2.42 bits per heavy atom. The smallest absolute Gasteiger partial charge is 0.326 e. The van der Waals surface area contributed by atoms with Crippen molar-refractivity contribution in [2.24, 2.45) is 11.7 Å². The van der Waals surface area contributed by atoms with Crippen molar-refractivity contribution in [2.45, 2.75) is 32.9 Å². The Bertz CT molecular complexity index is 1030. The van der Waals surface area contributed by atoms with Crippen LogP contribution in [0, 0.1) is 5.92 Å².